The third kappa shape index (κ3) is 5.34. The lowest BCUT2D eigenvalue weighted by atomic mass is 9.81. The molecule has 0 aromatic rings. The molecule has 118 valence electrons. The van der Waals surface area contributed by atoms with Crippen molar-refractivity contribution in [2.24, 2.45) is 0 Å². The van der Waals surface area contributed by atoms with Gasteiger partial charge >= 0.3 is 0 Å². The first-order valence-electron chi connectivity index (χ1n) is 8.79. The molecule has 3 nitrogen and oxygen atoms in total. The number of rotatable bonds is 6. The summed E-state index contributed by atoms with van der Waals surface area (Å²) in [6.45, 7) is 10.2. The highest BCUT2D eigenvalue weighted by Gasteiger charge is 2.34. The van der Waals surface area contributed by atoms with Crippen LogP contribution in [0.25, 0.3) is 0 Å². The lowest BCUT2D eigenvalue weighted by Crippen LogP contribution is -2.52. The van der Waals surface area contributed by atoms with Gasteiger partial charge < -0.3 is 15.0 Å². The van der Waals surface area contributed by atoms with E-state index >= 15 is 0 Å². The van der Waals surface area contributed by atoms with E-state index in [4.69, 9.17) is 4.74 Å². The number of nitrogens with one attached hydrogen (secondary N) is 1. The second-order valence-corrected chi connectivity index (χ2v) is 7.02. The fraction of sp³-hybridized carbons (Fsp3) is 1.00. The quantitative estimate of drug-likeness (QED) is 0.757. The fourth-order valence-corrected chi connectivity index (χ4v) is 3.73. The summed E-state index contributed by atoms with van der Waals surface area (Å²) in [5.41, 5.74) is 0.448. The zero-order valence-electron chi connectivity index (χ0n) is 13.6. The molecule has 1 saturated heterocycles. The van der Waals surface area contributed by atoms with Crippen molar-refractivity contribution in [1.29, 1.82) is 0 Å². The van der Waals surface area contributed by atoms with Crippen LogP contribution in [0.4, 0.5) is 0 Å². The van der Waals surface area contributed by atoms with Gasteiger partial charge in [0, 0.05) is 18.7 Å². The molecular formula is C17H34N2O. The van der Waals surface area contributed by atoms with E-state index in [0.717, 1.165) is 6.61 Å². The molecule has 2 rings (SSSR count). The van der Waals surface area contributed by atoms with E-state index in [0.29, 0.717) is 11.6 Å². The summed E-state index contributed by atoms with van der Waals surface area (Å²) in [6.07, 6.45) is 11.2. The average molecular weight is 282 g/mol. The summed E-state index contributed by atoms with van der Waals surface area (Å²) in [6, 6.07) is 0. The fourth-order valence-electron chi connectivity index (χ4n) is 3.73. The Morgan fingerprint density at radius 3 is 2.65 bits per heavy atom. The number of hydrogen-bond acceptors (Lipinski definition) is 3. The smallest absolute Gasteiger partial charge is 0.0518 e. The van der Waals surface area contributed by atoms with Crippen molar-refractivity contribution < 1.29 is 4.74 Å². The molecule has 2 fully saturated rings. The summed E-state index contributed by atoms with van der Waals surface area (Å²) in [5.74, 6) is 0. The second kappa shape index (κ2) is 8.35. The zero-order valence-corrected chi connectivity index (χ0v) is 13.6. The molecule has 0 atom stereocenters. The number of nitrogens with zero attached hydrogens (tertiary/aromatic N) is 1. The summed E-state index contributed by atoms with van der Waals surface area (Å²) < 4.78 is 5.63. The van der Waals surface area contributed by atoms with Crippen molar-refractivity contribution in [3.05, 3.63) is 0 Å². The Kier molecular flexibility index (Phi) is 6.79. The van der Waals surface area contributed by atoms with Gasteiger partial charge in [-0.3, -0.25) is 0 Å². The lowest BCUT2D eigenvalue weighted by Gasteiger charge is -2.40. The van der Waals surface area contributed by atoms with Gasteiger partial charge in [-0.2, -0.15) is 0 Å². The van der Waals surface area contributed by atoms with Crippen molar-refractivity contribution in [3.63, 3.8) is 0 Å². The van der Waals surface area contributed by atoms with E-state index in [1.165, 1.54) is 77.5 Å². The van der Waals surface area contributed by atoms with Gasteiger partial charge in [0.2, 0.25) is 0 Å². The van der Waals surface area contributed by atoms with Crippen LogP contribution in [0.5, 0.6) is 0 Å². The predicted molar refractivity (Wildman–Crippen MR) is 85.2 cm³/mol. The summed E-state index contributed by atoms with van der Waals surface area (Å²) in [7, 11) is 0. The maximum atomic E-state index is 5.63. The van der Waals surface area contributed by atoms with Gasteiger partial charge in [0.25, 0.3) is 0 Å². The van der Waals surface area contributed by atoms with Crippen LogP contribution >= 0.6 is 0 Å². The normalized spacial score (nSPS) is 24.1. The molecule has 0 aromatic heterocycles. The molecule has 1 saturated carbocycles. The van der Waals surface area contributed by atoms with Crippen LogP contribution in [0.2, 0.25) is 0 Å². The molecule has 0 radical (unpaired) electrons. The minimum Gasteiger partial charge on any atom is -0.379 e. The van der Waals surface area contributed by atoms with Crippen LogP contribution in [0, 0.1) is 0 Å². The molecule has 1 spiro atoms. The third-order valence-corrected chi connectivity index (χ3v) is 4.81. The second-order valence-electron chi connectivity index (χ2n) is 7.02. The first-order valence-corrected chi connectivity index (χ1v) is 8.79. The summed E-state index contributed by atoms with van der Waals surface area (Å²) in [4.78, 5) is 2.71. The third-order valence-electron chi connectivity index (χ3n) is 4.81. The molecule has 2 aliphatic rings. The molecule has 1 heterocycles. The van der Waals surface area contributed by atoms with Crippen LogP contribution < -0.4 is 5.32 Å². The van der Waals surface area contributed by atoms with Gasteiger partial charge in [-0.25, -0.2) is 0 Å². The van der Waals surface area contributed by atoms with E-state index in [1.807, 2.05) is 0 Å². The van der Waals surface area contributed by atoms with Crippen molar-refractivity contribution in [3.8, 4) is 0 Å². The van der Waals surface area contributed by atoms with Crippen LogP contribution in [-0.4, -0.2) is 49.3 Å². The number of ether oxygens (including phenoxy) is 1. The maximum absolute atomic E-state index is 5.63. The Morgan fingerprint density at radius 2 is 1.90 bits per heavy atom. The van der Waals surface area contributed by atoms with E-state index < -0.39 is 0 Å². The van der Waals surface area contributed by atoms with Crippen molar-refractivity contribution >= 4 is 0 Å². The monoisotopic (exact) mass is 282 g/mol. The van der Waals surface area contributed by atoms with E-state index in [-0.39, 0.29) is 0 Å². The van der Waals surface area contributed by atoms with Gasteiger partial charge in [0.1, 0.15) is 0 Å². The highest BCUT2D eigenvalue weighted by Crippen LogP contribution is 2.30. The van der Waals surface area contributed by atoms with Gasteiger partial charge in [-0.05, 0) is 65.6 Å². The first-order chi connectivity index (χ1) is 9.70. The van der Waals surface area contributed by atoms with Crippen LogP contribution in [-0.2, 0) is 4.74 Å². The SMILES string of the molecule is CC(C)OCCCCN1CCCNC2(CCCCC2)C1. The molecule has 1 N–H and O–H groups in total. The summed E-state index contributed by atoms with van der Waals surface area (Å²) in [5, 5.41) is 3.88. The zero-order chi connectivity index (χ0) is 14.3. The highest BCUT2D eigenvalue weighted by atomic mass is 16.5. The first kappa shape index (κ1) is 16.3. The Bertz CT molecular complexity index is 262. The van der Waals surface area contributed by atoms with E-state index in [1.54, 1.807) is 0 Å². The largest absolute Gasteiger partial charge is 0.379 e. The van der Waals surface area contributed by atoms with E-state index in [2.05, 4.69) is 24.1 Å². The average Bonchev–Trinajstić information content (AvgIpc) is 2.62. The molecule has 0 unspecified atom stereocenters. The molecular weight excluding hydrogens is 248 g/mol. The molecule has 3 heteroatoms. The molecule has 1 aliphatic heterocycles. The van der Waals surface area contributed by atoms with Crippen LogP contribution in [0.3, 0.4) is 0 Å². The molecule has 1 aliphatic carbocycles. The number of unbranched alkanes of at least 4 members (excludes halogenated alkanes) is 1. The molecule has 0 bridgehead atoms. The van der Waals surface area contributed by atoms with Crippen LogP contribution in [0.1, 0.15) is 65.2 Å². The Morgan fingerprint density at radius 1 is 1.10 bits per heavy atom. The topological polar surface area (TPSA) is 24.5 Å². The Balaban J connectivity index is 1.70. The molecule has 20 heavy (non-hydrogen) atoms. The van der Waals surface area contributed by atoms with Gasteiger partial charge in [-0.1, -0.05) is 19.3 Å². The molecule has 0 amide bonds. The van der Waals surface area contributed by atoms with Crippen molar-refractivity contribution in [1.82, 2.24) is 10.2 Å². The Labute approximate surface area is 125 Å². The maximum Gasteiger partial charge on any atom is 0.0518 e. The van der Waals surface area contributed by atoms with E-state index in [9.17, 15) is 0 Å². The minimum atomic E-state index is 0.378. The Hall–Kier alpha value is -0.120. The van der Waals surface area contributed by atoms with Gasteiger partial charge in [-0.15, -0.1) is 0 Å². The lowest BCUT2D eigenvalue weighted by molar-refractivity contribution is 0.0732. The standard InChI is InChI=1S/C17H34N2O/c1-16(2)20-14-7-6-12-19-13-8-11-18-17(15-19)9-4-3-5-10-17/h16,18H,3-15H2,1-2H3. The van der Waals surface area contributed by atoms with Gasteiger partial charge in [0.15, 0.2) is 0 Å². The van der Waals surface area contributed by atoms with Crippen molar-refractivity contribution in [2.45, 2.75) is 76.9 Å². The van der Waals surface area contributed by atoms with Gasteiger partial charge in [0.05, 0.1) is 6.10 Å². The molecule has 0 aromatic carbocycles. The summed E-state index contributed by atoms with van der Waals surface area (Å²) >= 11 is 0. The predicted octanol–water partition coefficient (Wildman–Crippen LogP) is 3.19. The number of hydrogen-bond donors (Lipinski definition) is 1. The van der Waals surface area contributed by atoms with Crippen molar-refractivity contribution in [2.75, 3.05) is 32.8 Å². The highest BCUT2D eigenvalue weighted by molar-refractivity contribution is 4.95. The minimum absolute atomic E-state index is 0.378. The van der Waals surface area contributed by atoms with Crippen LogP contribution in [0.15, 0.2) is 0 Å².